The van der Waals surface area contributed by atoms with Crippen molar-refractivity contribution in [2.24, 2.45) is 11.8 Å². The molecule has 4 unspecified atom stereocenters. The van der Waals surface area contributed by atoms with Crippen molar-refractivity contribution in [2.45, 2.75) is 50.6 Å². The van der Waals surface area contributed by atoms with Crippen molar-refractivity contribution in [1.29, 1.82) is 0 Å². The number of rotatable bonds is 4. The SMILES string of the molecule is O=S1(=O)CCC(NCc2nc(C3CC4CCC3C4)no2)C1. The largest absolute Gasteiger partial charge is 0.338 e. The van der Waals surface area contributed by atoms with E-state index in [1.54, 1.807) is 0 Å². The van der Waals surface area contributed by atoms with Crippen LogP contribution in [0.3, 0.4) is 0 Å². The van der Waals surface area contributed by atoms with Crippen molar-refractivity contribution in [3.8, 4) is 0 Å². The highest BCUT2D eigenvalue weighted by Crippen LogP contribution is 2.52. The summed E-state index contributed by atoms with van der Waals surface area (Å²) in [6, 6.07) is 0.0212. The third-order valence-electron chi connectivity index (χ3n) is 5.33. The average molecular weight is 311 g/mol. The lowest BCUT2D eigenvalue weighted by molar-refractivity contribution is 0.341. The highest BCUT2D eigenvalue weighted by Gasteiger charge is 2.42. The van der Waals surface area contributed by atoms with Gasteiger partial charge in [-0.15, -0.1) is 0 Å². The molecule has 2 aliphatic carbocycles. The Morgan fingerprint density at radius 3 is 2.81 bits per heavy atom. The van der Waals surface area contributed by atoms with Crippen LogP contribution in [0, 0.1) is 11.8 Å². The monoisotopic (exact) mass is 311 g/mol. The molecule has 2 bridgehead atoms. The van der Waals surface area contributed by atoms with Gasteiger partial charge in [-0.2, -0.15) is 4.98 Å². The van der Waals surface area contributed by atoms with Gasteiger partial charge < -0.3 is 9.84 Å². The molecule has 0 amide bonds. The van der Waals surface area contributed by atoms with Crippen molar-refractivity contribution in [3.63, 3.8) is 0 Å². The number of sulfone groups is 1. The second-order valence-corrected chi connectivity index (χ2v) is 9.04. The van der Waals surface area contributed by atoms with E-state index >= 15 is 0 Å². The third kappa shape index (κ3) is 2.73. The Hall–Kier alpha value is -0.950. The molecule has 6 nitrogen and oxygen atoms in total. The summed E-state index contributed by atoms with van der Waals surface area (Å²) in [4.78, 5) is 4.52. The molecule has 0 radical (unpaired) electrons. The first-order chi connectivity index (χ1) is 10.1. The summed E-state index contributed by atoms with van der Waals surface area (Å²) in [6.07, 6.45) is 5.88. The van der Waals surface area contributed by atoms with Crippen LogP contribution in [0.2, 0.25) is 0 Å². The molecular formula is C14H21N3O3S. The number of nitrogens with zero attached hydrogens (tertiary/aromatic N) is 2. The zero-order valence-corrected chi connectivity index (χ0v) is 12.8. The molecule has 0 spiro atoms. The fourth-order valence-corrected chi connectivity index (χ4v) is 5.95. The van der Waals surface area contributed by atoms with Gasteiger partial charge in [0.25, 0.3) is 0 Å². The highest BCUT2D eigenvalue weighted by atomic mass is 32.2. The van der Waals surface area contributed by atoms with E-state index in [1.165, 1.54) is 25.7 Å². The minimum Gasteiger partial charge on any atom is -0.338 e. The van der Waals surface area contributed by atoms with Crippen LogP contribution in [0.25, 0.3) is 0 Å². The van der Waals surface area contributed by atoms with Gasteiger partial charge in [-0.1, -0.05) is 11.6 Å². The van der Waals surface area contributed by atoms with E-state index < -0.39 is 9.84 Å². The van der Waals surface area contributed by atoms with Gasteiger partial charge >= 0.3 is 0 Å². The smallest absolute Gasteiger partial charge is 0.240 e. The molecule has 4 rings (SSSR count). The van der Waals surface area contributed by atoms with Gasteiger partial charge in [0.1, 0.15) is 0 Å². The molecule has 2 heterocycles. The lowest BCUT2D eigenvalue weighted by Crippen LogP contribution is -2.29. The minimum atomic E-state index is -2.84. The fourth-order valence-electron chi connectivity index (χ4n) is 4.24. The van der Waals surface area contributed by atoms with Crippen LogP contribution in [-0.4, -0.2) is 36.1 Å². The van der Waals surface area contributed by atoms with E-state index in [0.717, 1.165) is 17.7 Å². The van der Waals surface area contributed by atoms with Crippen molar-refractivity contribution >= 4 is 9.84 Å². The van der Waals surface area contributed by atoms with Gasteiger partial charge in [0.2, 0.25) is 5.89 Å². The van der Waals surface area contributed by atoms with Crippen molar-refractivity contribution in [3.05, 3.63) is 11.7 Å². The van der Waals surface area contributed by atoms with Crippen molar-refractivity contribution in [1.82, 2.24) is 15.5 Å². The zero-order valence-electron chi connectivity index (χ0n) is 12.0. The van der Waals surface area contributed by atoms with Crippen molar-refractivity contribution in [2.75, 3.05) is 11.5 Å². The van der Waals surface area contributed by atoms with E-state index in [-0.39, 0.29) is 17.5 Å². The summed E-state index contributed by atoms with van der Waals surface area (Å²) in [5.41, 5.74) is 0. The Balaban J connectivity index is 1.35. The lowest BCUT2D eigenvalue weighted by atomic mass is 9.88. The summed E-state index contributed by atoms with van der Waals surface area (Å²) >= 11 is 0. The molecule has 7 heteroatoms. The zero-order chi connectivity index (χ0) is 14.4. The summed E-state index contributed by atoms with van der Waals surface area (Å²) < 4.78 is 28.1. The molecule has 1 aromatic rings. The standard InChI is InChI=1S/C14H21N3O3S/c18-21(19)4-3-11(8-21)15-7-13-16-14(17-20-13)12-6-9-1-2-10(12)5-9/h9-12,15H,1-8H2. The van der Waals surface area contributed by atoms with Gasteiger partial charge in [-0.25, -0.2) is 8.42 Å². The van der Waals surface area contributed by atoms with E-state index in [1.807, 2.05) is 0 Å². The Morgan fingerprint density at radius 1 is 1.24 bits per heavy atom. The second-order valence-electron chi connectivity index (χ2n) is 6.81. The predicted octanol–water partition coefficient (Wildman–Crippen LogP) is 1.25. The Morgan fingerprint density at radius 2 is 2.14 bits per heavy atom. The van der Waals surface area contributed by atoms with E-state index in [0.29, 0.717) is 24.8 Å². The van der Waals surface area contributed by atoms with Crippen LogP contribution < -0.4 is 5.32 Å². The third-order valence-corrected chi connectivity index (χ3v) is 7.10. The van der Waals surface area contributed by atoms with Crippen molar-refractivity contribution < 1.29 is 12.9 Å². The molecule has 1 saturated heterocycles. The van der Waals surface area contributed by atoms with E-state index in [9.17, 15) is 8.42 Å². The topological polar surface area (TPSA) is 85.1 Å². The van der Waals surface area contributed by atoms with Crippen LogP contribution in [-0.2, 0) is 16.4 Å². The van der Waals surface area contributed by atoms with Gasteiger partial charge in [-0.3, -0.25) is 0 Å². The van der Waals surface area contributed by atoms with E-state index in [4.69, 9.17) is 4.52 Å². The van der Waals surface area contributed by atoms with Crippen LogP contribution in [0.4, 0.5) is 0 Å². The number of hydrogen-bond acceptors (Lipinski definition) is 6. The predicted molar refractivity (Wildman–Crippen MR) is 76.4 cm³/mol. The van der Waals surface area contributed by atoms with Crippen LogP contribution in [0.1, 0.15) is 49.7 Å². The molecular weight excluding hydrogens is 290 g/mol. The first-order valence-electron chi connectivity index (χ1n) is 7.85. The molecule has 4 atom stereocenters. The first-order valence-corrected chi connectivity index (χ1v) is 9.67. The first kappa shape index (κ1) is 13.7. The molecule has 1 N–H and O–H groups in total. The molecule has 3 fully saturated rings. The number of nitrogens with one attached hydrogen (secondary N) is 1. The summed E-state index contributed by atoms with van der Waals surface area (Å²) in [5, 5.41) is 7.36. The molecule has 116 valence electrons. The summed E-state index contributed by atoms with van der Waals surface area (Å²) in [6.45, 7) is 0.466. The van der Waals surface area contributed by atoms with Crippen LogP contribution in [0.5, 0.6) is 0 Å². The maximum absolute atomic E-state index is 11.4. The lowest BCUT2D eigenvalue weighted by Gasteiger charge is -2.17. The molecule has 1 aromatic heterocycles. The van der Waals surface area contributed by atoms with Gasteiger partial charge in [0, 0.05) is 12.0 Å². The number of aromatic nitrogens is 2. The minimum absolute atomic E-state index is 0.0212. The van der Waals surface area contributed by atoms with Gasteiger partial charge in [0.15, 0.2) is 15.7 Å². The molecule has 3 aliphatic rings. The fraction of sp³-hybridized carbons (Fsp3) is 0.857. The van der Waals surface area contributed by atoms with Gasteiger partial charge in [0.05, 0.1) is 18.1 Å². The Kier molecular flexibility index (Phi) is 3.29. The molecule has 21 heavy (non-hydrogen) atoms. The molecule has 0 aromatic carbocycles. The average Bonchev–Trinajstić information content (AvgIpc) is 3.19. The Bertz CT molecular complexity index is 627. The Labute approximate surface area is 124 Å². The summed E-state index contributed by atoms with van der Waals surface area (Å²) in [7, 11) is -2.84. The van der Waals surface area contributed by atoms with Crippen LogP contribution >= 0.6 is 0 Å². The highest BCUT2D eigenvalue weighted by molar-refractivity contribution is 7.91. The van der Waals surface area contributed by atoms with Crippen LogP contribution in [0.15, 0.2) is 4.52 Å². The van der Waals surface area contributed by atoms with Gasteiger partial charge in [-0.05, 0) is 37.5 Å². The number of hydrogen-bond donors (Lipinski definition) is 1. The number of fused-ring (bicyclic) bond motifs is 2. The second kappa shape index (κ2) is 5.05. The van der Waals surface area contributed by atoms with E-state index in [2.05, 4.69) is 15.5 Å². The summed E-state index contributed by atoms with van der Waals surface area (Å²) in [5.74, 6) is 4.03. The quantitative estimate of drug-likeness (QED) is 0.901. The maximum atomic E-state index is 11.4. The molecule has 1 aliphatic heterocycles. The molecule has 2 saturated carbocycles. The normalized spacial score (nSPS) is 37.3. The maximum Gasteiger partial charge on any atom is 0.240 e.